The van der Waals surface area contributed by atoms with E-state index in [1.165, 1.54) is 5.56 Å². The number of nitrogens with zero attached hydrogens (tertiary/aromatic N) is 1. The SMILES string of the molecule is COc1cccc(CN(C(=O)COc2ccc(C(C)(C)C)cc2)[C@H](Cc2ccccc2)C(=O)NC2CCCC2)c1. The van der Waals surface area contributed by atoms with Gasteiger partial charge in [0, 0.05) is 19.0 Å². The lowest BCUT2D eigenvalue weighted by Crippen LogP contribution is -2.53. The van der Waals surface area contributed by atoms with Gasteiger partial charge in [-0.2, -0.15) is 0 Å². The van der Waals surface area contributed by atoms with Crippen molar-refractivity contribution < 1.29 is 19.1 Å². The molecule has 0 saturated heterocycles. The van der Waals surface area contributed by atoms with Crippen LogP contribution < -0.4 is 14.8 Å². The van der Waals surface area contributed by atoms with Crippen LogP contribution in [-0.4, -0.2) is 42.5 Å². The second kappa shape index (κ2) is 13.5. The van der Waals surface area contributed by atoms with E-state index in [0.717, 1.165) is 36.8 Å². The number of nitrogens with one attached hydrogen (secondary N) is 1. The molecule has 3 aromatic carbocycles. The summed E-state index contributed by atoms with van der Waals surface area (Å²) < 4.78 is 11.4. The summed E-state index contributed by atoms with van der Waals surface area (Å²) in [5.74, 6) is 0.958. The highest BCUT2D eigenvalue weighted by Crippen LogP contribution is 2.25. The lowest BCUT2D eigenvalue weighted by Gasteiger charge is -2.32. The van der Waals surface area contributed by atoms with E-state index in [9.17, 15) is 9.59 Å². The van der Waals surface area contributed by atoms with Gasteiger partial charge in [0.15, 0.2) is 6.61 Å². The van der Waals surface area contributed by atoms with Crippen LogP contribution in [0.4, 0.5) is 0 Å². The van der Waals surface area contributed by atoms with Crippen molar-refractivity contribution in [1.82, 2.24) is 10.2 Å². The molecule has 1 N–H and O–H groups in total. The molecule has 212 valence electrons. The quantitative estimate of drug-likeness (QED) is 0.319. The number of carbonyl (C=O) groups is 2. The Labute approximate surface area is 238 Å². The molecule has 1 fully saturated rings. The minimum atomic E-state index is -0.687. The third-order valence-electron chi connectivity index (χ3n) is 7.54. The van der Waals surface area contributed by atoms with Gasteiger partial charge in [0.2, 0.25) is 5.91 Å². The molecule has 1 aliphatic carbocycles. The summed E-state index contributed by atoms with van der Waals surface area (Å²) in [6, 6.07) is 24.8. The molecule has 40 heavy (non-hydrogen) atoms. The predicted octanol–water partition coefficient (Wildman–Crippen LogP) is 6.07. The smallest absolute Gasteiger partial charge is 0.261 e. The Balaban J connectivity index is 1.60. The van der Waals surface area contributed by atoms with Crippen molar-refractivity contribution in [2.45, 2.75) is 76.9 Å². The second-order valence-corrected chi connectivity index (χ2v) is 11.6. The maximum atomic E-state index is 13.9. The molecule has 0 aromatic heterocycles. The molecule has 0 unspecified atom stereocenters. The highest BCUT2D eigenvalue weighted by Gasteiger charge is 2.32. The molecule has 1 atom stereocenters. The molecule has 6 nitrogen and oxygen atoms in total. The van der Waals surface area contributed by atoms with E-state index in [4.69, 9.17) is 9.47 Å². The molecular formula is C34H42N2O4. The molecule has 6 heteroatoms. The molecule has 4 rings (SSSR count). The van der Waals surface area contributed by atoms with Crippen molar-refractivity contribution in [3.05, 3.63) is 95.6 Å². The van der Waals surface area contributed by atoms with Crippen LogP contribution in [-0.2, 0) is 28.0 Å². The largest absolute Gasteiger partial charge is 0.497 e. The van der Waals surface area contributed by atoms with Crippen molar-refractivity contribution in [1.29, 1.82) is 0 Å². The number of benzene rings is 3. The molecule has 0 bridgehead atoms. The Kier molecular flexibility index (Phi) is 9.86. The lowest BCUT2D eigenvalue weighted by atomic mass is 9.87. The van der Waals surface area contributed by atoms with Gasteiger partial charge in [-0.1, -0.05) is 88.2 Å². The van der Waals surface area contributed by atoms with Gasteiger partial charge >= 0.3 is 0 Å². The van der Waals surface area contributed by atoms with Crippen LogP contribution in [0.1, 0.15) is 63.1 Å². The molecule has 0 spiro atoms. The Morgan fingerprint density at radius 1 is 0.900 bits per heavy atom. The summed E-state index contributed by atoms with van der Waals surface area (Å²) in [5.41, 5.74) is 3.10. The van der Waals surface area contributed by atoms with Gasteiger partial charge in [-0.3, -0.25) is 9.59 Å². The fourth-order valence-corrected chi connectivity index (χ4v) is 5.17. The van der Waals surface area contributed by atoms with Gasteiger partial charge in [-0.05, 0) is 59.2 Å². The maximum absolute atomic E-state index is 13.9. The second-order valence-electron chi connectivity index (χ2n) is 11.6. The van der Waals surface area contributed by atoms with Crippen molar-refractivity contribution in [3.63, 3.8) is 0 Å². The van der Waals surface area contributed by atoms with Crippen LogP contribution in [0.3, 0.4) is 0 Å². The van der Waals surface area contributed by atoms with E-state index in [1.54, 1.807) is 12.0 Å². The third kappa shape index (κ3) is 8.10. The summed E-state index contributed by atoms with van der Waals surface area (Å²) in [6.07, 6.45) is 4.59. The summed E-state index contributed by atoms with van der Waals surface area (Å²) >= 11 is 0. The van der Waals surface area contributed by atoms with Crippen LogP contribution in [0.25, 0.3) is 0 Å². The fraction of sp³-hybridized carbons (Fsp3) is 0.412. The van der Waals surface area contributed by atoms with Crippen molar-refractivity contribution in [3.8, 4) is 11.5 Å². The van der Waals surface area contributed by atoms with Crippen LogP contribution in [0.15, 0.2) is 78.9 Å². The number of amides is 2. The molecule has 0 radical (unpaired) electrons. The average Bonchev–Trinajstić information content (AvgIpc) is 3.47. The van der Waals surface area contributed by atoms with Gasteiger partial charge in [0.05, 0.1) is 7.11 Å². The lowest BCUT2D eigenvalue weighted by molar-refractivity contribution is -0.143. The first-order chi connectivity index (χ1) is 19.2. The molecule has 3 aromatic rings. The number of methoxy groups -OCH3 is 1. The first-order valence-corrected chi connectivity index (χ1v) is 14.2. The maximum Gasteiger partial charge on any atom is 0.261 e. The summed E-state index contributed by atoms with van der Waals surface area (Å²) in [5, 5.41) is 3.24. The van der Waals surface area contributed by atoms with Crippen LogP contribution in [0.2, 0.25) is 0 Å². The average molecular weight is 543 g/mol. The Morgan fingerprint density at radius 3 is 2.23 bits per heavy atom. The van der Waals surface area contributed by atoms with E-state index in [0.29, 0.717) is 17.9 Å². The minimum Gasteiger partial charge on any atom is -0.497 e. The number of rotatable bonds is 11. The van der Waals surface area contributed by atoms with Crippen molar-refractivity contribution in [2.24, 2.45) is 0 Å². The topological polar surface area (TPSA) is 67.9 Å². The van der Waals surface area contributed by atoms with Crippen molar-refractivity contribution in [2.75, 3.05) is 13.7 Å². The highest BCUT2D eigenvalue weighted by atomic mass is 16.5. The Hall–Kier alpha value is -3.80. The van der Waals surface area contributed by atoms with E-state index in [1.807, 2.05) is 78.9 Å². The van der Waals surface area contributed by atoms with Crippen molar-refractivity contribution >= 4 is 11.8 Å². The van der Waals surface area contributed by atoms with Crippen LogP contribution in [0.5, 0.6) is 11.5 Å². The molecule has 0 aliphatic heterocycles. The van der Waals surface area contributed by atoms with E-state index in [-0.39, 0.29) is 36.4 Å². The highest BCUT2D eigenvalue weighted by molar-refractivity contribution is 5.88. The molecule has 0 heterocycles. The number of carbonyl (C=O) groups excluding carboxylic acids is 2. The first kappa shape index (κ1) is 29.2. The van der Waals surface area contributed by atoms with Gasteiger partial charge in [-0.15, -0.1) is 0 Å². The van der Waals surface area contributed by atoms with Gasteiger partial charge in [0.1, 0.15) is 17.5 Å². The number of hydrogen-bond acceptors (Lipinski definition) is 4. The Bertz CT molecular complexity index is 1240. The molecule has 1 saturated carbocycles. The van der Waals surface area contributed by atoms with E-state index >= 15 is 0 Å². The zero-order chi connectivity index (χ0) is 28.5. The number of hydrogen-bond donors (Lipinski definition) is 1. The molecular weight excluding hydrogens is 500 g/mol. The monoisotopic (exact) mass is 542 g/mol. The Morgan fingerprint density at radius 2 is 1.57 bits per heavy atom. The first-order valence-electron chi connectivity index (χ1n) is 14.2. The van der Waals surface area contributed by atoms with E-state index < -0.39 is 6.04 Å². The van der Waals surface area contributed by atoms with Crippen LogP contribution >= 0.6 is 0 Å². The number of ether oxygens (including phenoxy) is 2. The normalized spacial score (nSPS) is 14.4. The standard InChI is InChI=1S/C34H42N2O4/c1-34(2,3)27-17-19-29(20-18-27)40-24-32(37)36(23-26-13-10-16-30(21-26)39-4)31(22-25-11-6-5-7-12-25)33(38)35-28-14-8-9-15-28/h5-7,10-13,16-21,28,31H,8-9,14-15,22-24H2,1-4H3,(H,35,38)/t31-/m1/s1. The molecule has 1 aliphatic rings. The summed E-state index contributed by atoms with van der Waals surface area (Å²) in [7, 11) is 1.62. The van der Waals surface area contributed by atoms with E-state index in [2.05, 4.69) is 26.1 Å². The third-order valence-corrected chi connectivity index (χ3v) is 7.54. The molecule has 2 amide bonds. The summed E-state index contributed by atoms with van der Waals surface area (Å²) in [4.78, 5) is 29.3. The zero-order valence-electron chi connectivity index (χ0n) is 24.2. The van der Waals surface area contributed by atoms with Gasteiger partial charge in [0.25, 0.3) is 5.91 Å². The van der Waals surface area contributed by atoms with Gasteiger partial charge in [-0.25, -0.2) is 0 Å². The fourth-order valence-electron chi connectivity index (χ4n) is 5.17. The minimum absolute atomic E-state index is 0.0270. The van der Waals surface area contributed by atoms with Gasteiger partial charge < -0.3 is 19.7 Å². The van der Waals surface area contributed by atoms with Crippen LogP contribution in [0, 0.1) is 0 Å². The predicted molar refractivity (Wildman–Crippen MR) is 159 cm³/mol. The summed E-state index contributed by atoms with van der Waals surface area (Å²) in [6.45, 7) is 6.57. The zero-order valence-corrected chi connectivity index (χ0v) is 24.2.